The van der Waals surface area contributed by atoms with E-state index in [2.05, 4.69) is 36.7 Å². The summed E-state index contributed by atoms with van der Waals surface area (Å²) in [5.74, 6) is 6.67. The molecule has 2 atom stereocenters. The number of nitrogens with zero attached hydrogens (tertiary/aromatic N) is 2. The molecule has 1 saturated heterocycles. The molecule has 0 spiro atoms. The molecule has 30 heavy (non-hydrogen) atoms. The van der Waals surface area contributed by atoms with Crippen molar-refractivity contribution in [1.82, 2.24) is 9.99 Å². The van der Waals surface area contributed by atoms with Crippen molar-refractivity contribution >= 4 is 29.6 Å². The molecule has 1 amide bonds. The van der Waals surface area contributed by atoms with Gasteiger partial charge in [-0.2, -0.15) is 0 Å². The van der Waals surface area contributed by atoms with Crippen LogP contribution in [0.3, 0.4) is 0 Å². The quantitative estimate of drug-likeness (QED) is 0.545. The van der Waals surface area contributed by atoms with Crippen LogP contribution in [0.2, 0.25) is 0 Å². The summed E-state index contributed by atoms with van der Waals surface area (Å²) in [7, 11) is 0. The minimum Gasteiger partial charge on any atom is -0.372 e. The molecule has 6 nitrogen and oxygen atoms in total. The number of aldehydes is 1. The first-order valence-electron chi connectivity index (χ1n) is 10.5. The molecule has 1 fully saturated rings. The van der Waals surface area contributed by atoms with Crippen LogP contribution in [0.15, 0.2) is 23.2 Å². The lowest BCUT2D eigenvalue weighted by Crippen LogP contribution is -2.40. The van der Waals surface area contributed by atoms with Gasteiger partial charge in [-0.25, -0.2) is 9.99 Å². The third kappa shape index (κ3) is 8.50. The van der Waals surface area contributed by atoms with Crippen molar-refractivity contribution in [3.8, 4) is 0 Å². The third-order valence-electron chi connectivity index (χ3n) is 5.42. The Labute approximate surface area is 185 Å². The zero-order valence-corrected chi connectivity index (χ0v) is 19.9. The van der Waals surface area contributed by atoms with Gasteiger partial charge in [0, 0.05) is 19.0 Å². The first-order chi connectivity index (χ1) is 14.1. The highest BCUT2D eigenvalue weighted by Crippen LogP contribution is 2.36. The van der Waals surface area contributed by atoms with Crippen molar-refractivity contribution in [2.75, 3.05) is 6.54 Å². The van der Waals surface area contributed by atoms with Gasteiger partial charge in [-0.3, -0.25) is 10.6 Å². The summed E-state index contributed by atoms with van der Waals surface area (Å²) < 4.78 is 0. The number of amides is 1. The summed E-state index contributed by atoms with van der Waals surface area (Å²) in [6.45, 7) is 11.6. The molecule has 2 heterocycles. The zero-order chi connectivity index (χ0) is 22.7. The molecule has 0 radical (unpaired) electrons. The van der Waals surface area contributed by atoms with E-state index in [0.717, 1.165) is 31.4 Å². The van der Waals surface area contributed by atoms with E-state index >= 15 is 0 Å². The van der Waals surface area contributed by atoms with Gasteiger partial charge >= 0.3 is 0 Å². The van der Waals surface area contributed by atoms with Crippen LogP contribution in [0, 0.1) is 18.3 Å². The van der Waals surface area contributed by atoms with Crippen LogP contribution in [0.25, 0.3) is 5.57 Å². The van der Waals surface area contributed by atoms with Gasteiger partial charge in [0.15, 0.2) is 0 Å². The highest BCUT2D eigenvalue weighted by atomic mass is 32.1. The van der Waals surface area contributed by atoms with Crippen molar-refractivity contribution in [3.63, 3.8) is 0 Å². The lowest BCUT2D eigenvalue weighted by molar-refractivity contribution is -0.109. The van der Waals surface area contributed by atoms with Gasteiger partial charge in [-0.15, -0.1) is 11.3 Å². The lowest BCUT2D eigenvalue weighted by Gasteiger charge is -2.29. The predicted molar refractivity (Wildman–Crippen MR) is 126 cm³/mol. The third-order valence-corrected chi connectivity index (χ3v) is 6.42. The van der Waals surface area contributed by atoms with Crippen molar-refractivity contribution < 1.29 is 9.59 Å². The molecule has 0 bridgehead atoms. The van der Waals surface area contributed by atoms with E-state index in [1.807, 2.05) is 31.3 Å². The lowest BCUT2D eigenvalue weighted by atomic mass is 9.85. The summed E-state index contributed by atoms with van der Waals surface area (Å²) in [6, 6.07) is 0.529. The first-order valence-corrected chi connectivity index (χ1v) is 11.4. The Kier molecular flexibility index (Phi) is 11.2. The molecule has 1 aliphatic carbocycles. The molecule has 168 valence electrons. The molecule has 1 aliphatic heterocycles. The molecule has 4 N–H and O–H groups in total. The van der Waals surface area contributed by atoms with Crippen LogP contribution in [0.4, 0.5) is 0 Å². The van der Waals surface area contributed by atoms with Crippen LogP contribution in [0.1, 0.15) is 70.4 Å². The fraction of sp³-hybridized carbons (Fsp3) is 0.609. The number of rotatable bonds is 4. The molecule has 3 rings (SSSR count). The van der Waals surface area contributed by atoms with E-state index in [9.17, 15) is 4.79 Å². The Morgan fingerprint density at radius 2 is 1.97 bits per heavy atom. The molecule has 1 aromatic rings. The van der Waals surface area contributed by atoms with E-state index in [4.69, 9.17) is 10.6 Å². The van der Waals surface area contributed by atoms with Crippen LogP contribution >= 0.6 is 11.3 Å². The number of primary amides is 1. The summed E-state index contributed by atoms with van der Waals surface area (Å²) in [4.78, 5) is 24.1. The molecule has 7 heteroatoms. The number of aryl methyl sites for hydroxylation is 1. The second-order valence-electron chi connectivity index (χ2n) is 9.00. The minimum atomic E-state index is 0.182. The second kappa shape index (κ2) is 12.8. The molecule has 2 unspecified atom stereocenters. The van der Waals surface area contributed by atoms with E-state index < -0.39 is 0 Å². The Hall–Kier alpha value is -1.83. The number of thiazole rings is 1. The van der Waals surface area contributed by atoms with Crippen LogP contribution < -0.4 is 11.6 Å². The second-order valence-corrected chi connectivity index (χ2v) is 9.86. The Morgan fingerprint density at radius 1 is 1.30 bits per heavy atom. The molecular formula is C23H38N4O2S. The predicted octanol–water partition coefficient (Wildman–Crippen LogP) is 4.25. The van der Waals surface area contributed by atoms with Crippen molar-refractivity contribution in [3.05, 3.63) is 33.8 Å². The maximum absolute atomic E-state index is 9.82. The maximum Gasteiger partial charge on any atom is 0.204 e. The molecule has 0 saturated carbocycles. The van der Waals surface area contributed by atoms with Gasteiger partial charge < -0.3 is 10.5 Å². The van der Waals surface area contributed by atoms with Gasteiger partial charge in [0.2, 0.25) is 6.41 Å². The molecule has 0 aromatic carbocycles. The Bertz CT molecular complexity index is 734. The average Bonchev–Trinajstić information content (AvgIpc) is 3.30. The van der Waals surface area contributed by atoms with Crippen molar-refractivity contribution in [1.29, 1.82) is 0 Å². The topological polar surface area (TPSA) is 102 Å². The fourth-order valence-electron chi connectivity index (χ4n) is 3.68. The van der Waals surface area contributed by atoms with Crippen LogP contribution in [-0.4, -0.2) is 35.3 Å². The number of carbonyl (C=O) groups excluding carboxylic acids is 2. The van der Waals surface area contributed by atoms with Gasteiger partial charge in [0.25, 0.3) is 0 Å². The number of allylic oxidation sites excluding steroid dienone is 3. The zero-order valence-electron chi connectivity index (χ0n) is 19.1. The van der Waals surface area contributed by atoms with Crippen molar-refractivity contribution in [2.24, 2.45) is 22.9 Å². The molecular weight excluding hydrogens is 396 g/mol. The highest BCUT2D eigenvalue weighted by molar-refractivity contribution is 7.10. The van der Waals surface area contributed by atoms with Crippen LogP contribution in [0.5, 0.6) is 0 Å². The number of hydrogen-bond donors (Lipinski definition) is 2. The van der Waals surface area contributed by atoms with E-state index in [0.29, 0.717) is 18.4 Å². The monoisotopic (exact) mass is 434 g/mol. The molecule has 1 aromatic heterocycles. The largest absolute Gasteiger partial charge is 0.372 e. The minimum absolute atomic E-state index is 0.182. The van der Waals surface area contributed by atoms with Gasteiger partial charge in [-0.05, 0) is 49.5 Å². The standard InChI is InChI=1S/C16H23N3S.C6H12O.CH3NO/c1-11(15-4-3-9-19(15)17)13-5-7-14(8-6-13)16-12(2)18-10-20-16;1-6(2,3)4-5-7;2-1-3/h5,7,10-11,15H,3-4,6,8-9,17H2,1-2H3;5H,4H2,1-3H3;1H,(H2,2,3). The number of nitrogens with two attached hydrogens (primary N) is 2. The smallest absolute Gasteiger partial charge is 0.204 e. The Morgan fingerprint density at radius 3 is 2.33 bits per heavy atom. The van der Waals surface area contributed by atoms with E-state index in [-0.39, 0.29) is 11.8 Å². The van der Waals surface area contributed by atoms with Gasteiger partial charge in [0.05, 0.1) is 16.1 Å². The van der Waals surface area contributed by atoms with Crippen LogP contribution in [-0.2, 0) is 9.59 Å². The van der Waals surface area contributed by atoms with E-state index in [1.165, 1.54) is 23.3 Å². The Balaban J connectivity index is 0.000000380. The normalized spacial score (nSPS) is 20.0. The number of aromatic nitrogens is 1. The first kappa shape index (κ1) is 26.2. The summed E-state index contributed by atoms with van der Waals surface area (Å²) in [6.07, 6.45) is 11.3. The number of hydrazine groups is 1. The fourth-order valence-corrected chi connectivity index (χ4v) is 4.54. The SMILES string of the molecule is CC(C)(C)CC=O.Cc1ncsc1C1=CC=C(C(C)C2CCCN2N)CC1.NC=O. The number of hydrogen-bond acceptors (Lipinski definition) is 6. The summed E-state index contributed by atoms with van der Waals surface area (Å²) in [5.41, 5.74) is 10.4. The average molecular weight is 435 g/mol. The summed E-state index contributed by atoms with van der Waals surface area (Å²) >= 11 is 1.75. The maximum atomic E-state index is 9.82. The van der Waals surface area contributed by atoms with E-state index in [1.54, 1.807) is 16.9 Å². The summed E-state index contributed by atoms with van der Waals surface area (Å²) in [5, 5.41) is 2.04. The van der Waals surface area contributed by atoms with Gasteiger partial charge in [-0.1, -0.05) is 45.4 Å². The van der Waals surface area contributed by atoms with Crippen molar-refractivity contribution in [2.45, 2.75) is 72.8 Å². The van der Waals surface area contributed by atoms with Gasteiger partial charge in [0.1, 0.15) is 6.29 Å². The number of carbonyl (C=O) groups is 2. The molecule has 2 aliphatic rings. The highest BCUT2D eigenvalue weighted by Gasteiger charge is 2.29.